The average Bonchev–Trinajstić information content (AvgIpc) is 2.00. The highest BCUT2D eigenvalue weighted by molar-refractivity contribution is 6.08. The van der Waals surface area contributed by atoms with Gasteiger partial charge in [-0.05, 0) is 186 Å². The molecule has 0 heterocycles. The maximum atomic E-state index is 2.55. The van der Waals surface area contributed by atoms with Crippen molar-refractivity contribution in [1.82, 2.24) is 0 Å². The highest BCUT2D eigenvalue weighted by Crippen LogP contribution is 2.60. The van der Waals surface area contributed by atoms with Crippen molar-refractivity contribution in [2.24, 2.45) is 0 Å². The molecule has 0 atom stereocenters. The Hall–Kier alpha value is -10.0. The van der Waals surface area contributed by atoms with Crippen LogP contribution in [0.1, 0.15) is 73.6 Å². The zero-order valence-electron chi connectivity index (χ0n) is 48.3. The van der Waals surface area contributed by atoms with E-state index in [4.69, 9.17) is 0 Å². The van der Waals surface area contributed by atoms with Gasteiger partial charge in [-0.25, -0.2) is 0 Å². The monoisotopic (exact) mass is 1100 g/mol. The van der Waals surface area contributed by atoms with E-state index in [9.17, 15) is 0 Å². The number of rotatable bonds is 10. The van der Waals surface area contributed by atoms with Gasteiger partial charge in [0.1, 0.15) is 0 Å². The lowest BCUT2D eigenvalue weighted by Crippen LogP contribution is -2.21. The molecule has 410 valence electrons. The van der Waals surface area contributed by atoms with Crippen molar-refractivity contribution in [3.05, 3.63) is 313 Å². The van der Waals surface area contributed by atoms with Gasteiger partial charge >= 0.3 is 0 Å². The van der Waals surface area contributed by atoms with Crippen LogP contribution < -0.4 is 9.80 Å². The summed E-state index contributed by atoms with van der Waals surface area (Å²) in [6.07, 6.45) is 9.78. The number of hydrogen-bond acceptors (Lipinski definition) is 2. The summed E-state index contributed by atoms with van der Waals surface area (Å²) in [6, 6.07) is 110. The lowest BCUT2D eigenvalue weighted by Gasteiger charge is -2.31. The van der Waals surface area contributed by atoms with Gasteiger partial charge in [-0.3, -0.25) is 0 Å². The molecule has 13 aromatic carbocycles. The van der Waals surface area contributed by atoms with Crippen LogP contribution in [0.2, 0.25) is 0 Å². The molecule has 0 aliphatic heterocycles. The molecule has 0 aromatic heterocycles. The van der Waals surface area contributed by atoms with Crippen molar-refractivity contribution in [3.8, 4) is 66.8 Å². The molecule has 2 fully saturated rings. The molecule has 0 bridgehead atoms. The third kappa shape index (κ3) is 7.92. The molecule has 86 heavy (non-hydrogen) atoms. The minimum atomic E-state index is 0.0483. The number of nitrogens with zero attached hydrogens (tertiary/aromatic N) is 2. The lowest BCUT2D eigenvalue weighted by atomic mass is 9.76. The summed E-state index contributed by atoms with van der Waals surface area (Å²) in [7, 11) is 0. The molecule has 2 spiro atoms. The van der Waals surface area contributed by atoms with E-state index in [1.807, 2.05) is 0 Å². The Balaban J connectivity index is 0.770. The van der Waals surface area contributed by atoms with Gasteiger partial charge in [0.15, 0.2) is 0 Å². The Kier molecular flexibility index (Phi) is 12.0. The second kappa shape index (κ2) is 20.4. The van der Waals surface area contributed by atoms with E-state index < -0.39 is 0 Å². The van der Waals surface area contributed by atoms with Gasteiger partial charge in [0, 0.05) is 44.4 Å². The van der Waals surface area contributed by atoms with Crippen LogP contribution in [0.25, 0.3) is 88.3 Å². The van der Waals surface area contributed by atoms with Crippen LogP contribution in [-0.2, 0) is 10.8 Å². The maximum Gasteiger partial charge on any atom is 0.0540 e. The second-order valence-electron chi connectivity index (χ2n) is 24.5. The molecule has 17 rings (SSSR count). The van der Waals surface area contributed by atoms with Gasteiger partial charge in [0.05, 0.1) is 11.4 Å². The van der Waals surface area contributed by atoms with E-state index in [0.29, 0.717) is 0 Å². The number of benzene rings is 13. The Morgan fingerprint density at radius 3 is 0.919 bits per heavy atom. The molecule has 13 aromatic rings. The fraction of sp³-hybridized carbons (Fsp3) is 0.119. The minimum absolute atomic E-state index is 0.0483. The second-order valence-corrected chi connectivity index (χ2v) is 24.5. The van der Waals surface area contributed by atoms with Gasteiger partial charge in [-0.2, -0.15) is 0 Å². The van der Waals surface area contributed by atoms with Crippen molar-refractivity contribution in [2.45, 2.75) is 62.2 Å². The zero-order chi connectivity index (χ0) is 56.8. The molecule has 0 radical (unpaired) electrons. The summed E-state index contributed by atoms with van der Waals surface area (Å²) in [5.74, 6) is 0. The zero-order valence-corrected chi connectivity index (χ0v) is 48.3. The molecule has 2 heteroatoms. The van der Waals surface area contributed by atoms with Crippen LogP contribution in [0.4, 0.5) is 34.1 Å². The Morgan fingerprint density at radius 2 is 0.512 bits per heavy atom. The summed E-state index contributed by atoms with van der Waals surface area (Å²) in [5.41, 5.74) is 28.3. The van der Waals surface area contributed by atoms with Crippen LogP contribution >= 0.6 is 0 Å². The smallest absolute Gasteiger partial charge is 0.0540 e. The first-order valence-corrected chi connectivity index (χ1v) is 31.2. The molecule has 4 aliphatic rings. The molecular weight excluding hydrogens is 1040 g/mol. The van der Waals surface area contributed by atoms with Gasteiger partial charge in [0.25, 0.3) is 0 Å². The summed E-state index contributed by atoms with van der Waals surface area (Å²) in [4.78, 5) is 5.05. The largest absolute Gasteiger partial charge is 0.310 e. The predicted octanol–water partition coefficient (Wildman–Crippen LogP) is 23.3. The van der Waals surface area contributed by atoms with Crippen molar-refractivity contribution < 1.29 is 0 Å². The third-order valence-corrected chi connectivity index (χ3v) is 20.2. The van der Waals surface area contributed by atoms with Gasteiger partial charge < -0.3 is 9.80 Å². The van der Waals surface area contributed by atoms with Crippen molar-refractivity contribution in [3.63, 3.8) is 0 Å². The first-order chi connectivity index (χ1) is 42.6. The maximum absolute atomic E-state index is 2.55. The quantitative estimate of drug-likeness (QED) is 0.135. The number of fused-ring (bicyclic) bond motifs is 12. The van der Waals surface area contributed by atoms with E-state index in [-0.39, 0.29) is 10.8 Å². The van der Waals surface area contributed by atoms with Crippen LogP contribution in [-0.4, -0.2) is 0 Å². The van der Waals surface area contributed by atoms with Gasteiger partial charge in [-0.15, -0.1) is 0 Å². The molecule has 0 amide bonds. The van der Waals surface area contributed by atoms with E-state index in [1.165, 1.54) is 185 Å². The SMILES string of the molecule is c1ccc(-c2ccc(N(c3ccc(-c4ccccc4-c4ccc(N(c5ccc6c(c5)C5(CCCC5)c5ccccc5-6)c5ccc(-c6ccccc6)c6ccccc56)cc4)cc3)c3ccc4c(c3)C3(CCCC3)c3ccccc3-4)c3ccccc23)cc1. The van der Waals surface area contributed by atoms with E-state index >= 15 is 0 Å². The Morgan fingerprint density at radius 1 is 0.209 bits per heavy atom. The van der Waals surface area contributed by atoms with E-state index in [2.05, 4.69) is 301 Å². The predicted molar refractivity (Wildman–Crippen MR) is 362 cm³/mol. The third-order valence-electron chi connectivity index (χ3n) is 20.2. The number of anilines is 6. The highest BCUT2D eigenvalue weighted by atomic mass is 15.1. The van der Waals surface area contributed by atoms with Gasteiger partial charge in [0.2, 0.25) is 0 Å². The summed E-state index contributed by atoms with van der Waals surface area (Å²) >= 11 is 0. The molecule has 0 unspecified atom stereocenters. The average molecular weight is 1100 g/mol. The minimum Gasteiger partial charge on any atom is -0.310 e. The summed E-state index contributed by atoms with van der Waals surface area (Å²) in [6.45, 7) is 0. The molecule has 4 aliphatic carbocycles. The molecule has 0 N–H and O–H groups in total. The van der Waals surface area contributed by atoms with Crippen LogP contribution in [0.3, 0.4) is 0 Å². The molecule has 2 nitrogen and oxygen atoms in total. The first kappa shape index (κ1) is 50.5. The Labute approximate surface area is 505 Å². The molecular formula is C84H64N2. The standard InChI is InChI=1S/C84H64N2/c1-3-21-57(22-4-1)67-47-49-81(75-31-11-9-27-69(67)75)85(63-43-45-73-71-29-13-15-33-77(71)83(79(73)55-63)51-17-18-52-83)61-39-35-59(36-40-61)65-25-7-8-26-66(65)60-37-41-62(42-38-60)86(82-50-48-68(58-23-5-2-6-24-58)70-28-10-12-32-76(70)82)64-44-46-74-72-30-14-16-34-78(72)84(80(74)56-64)53-19-20-54-84/h1-16,21-50,55-56H,17-20,51-54H2. The fourth-order valence-corrected chi connectivity index (χ4v) is 16.3. The van der Waals surface area contributed by atoms with Crippen molar-refractivity contribution in [2.75, 3.05) is 9.80 Å². The highest BCUT2D eigenvalue weighted by Gasteiger charge is 2.46. The molecule has 0 saturated heterocycles. The van der Waals surface area contributed by atoms with Crippen molar-refractivity contribution >= 4 is 55.7 Å². The topological polar surface area (TPSA) is 6.48 Å². The first-order valence-electron chi connectivity index (χ1n) is 31.2. The summed E-state index contributed by atoms with van der Waals surface area (Å²) < 4.78 is 0. The van der Waals surface area contributed by atoms with Gasteiger partial charge in [-0.1, -0.05) is 256 Å². The van der Waals surface area contributed by atoms with Crippen LogP contribution in [0, 0.1) is 0 Å². The normalized spacial score (nSPS) is 14.8. The van der Waals surface area contributed by atoms with Crippen molar-refractivity contribution in [1.29, 1.82) is 0 Å². The number of hydrogen-bond donors (Lipinski definition) is 0. The summed E-state index contributed by atoms with van der Waals surface area (Å²) in [5, 5.41) is 4.93. The Bertz CT molecular complexity index is 4450. The van der Waals surface area contributed by atoms with Crippen LogP contribution in [0.5, 0.6) is 0 Å². The lowest BCUT2D eigenvalue weighted by molar-refractivity contribution is 0.550. The fourth-order valence-electron chi connectivity index (χ4n) is 16.3. The van der Waals surface area contributed by atoms with E-state index in [1.54, 1.807) is 0 Å². The molecule has 2 saturated carbocycles. The van der Waals surface area contributed by atoms with E-state index in [0.717, 1.165) is 11.4 Å². The van der Waals surface area contributed by atoms with Crippen LogP contribution in [0.15, 0.2) is 291 Å².